The normalized spacial score (nSPS) is 14.4. The molecular weight excluding hydrogens is 204 g/mol. The highest BCUT2D eigenvalue weighted by Crippen LogP contribution is 2.19. The third-order valence-corrected chi connectivity index (χ3v) is 2.03. The lowest BCUT2D eigenvalue weighted by Gasteiger charge is -2.24. The molecule has 1 amide bonds. The second kappa shape index (κ2) is 4.95. The topological polar surface area (TPSA) is 72.2 Å². The summed E-state index contributed by atoms with van der Waals surface area (Å²) in [6.45, 7) is 11.2. The van der Waals surface area contributed by atoms with Gasteiger partial charge >= 0.3 is 0 Å². The Balaban J connectivity index is 4.32. The van der Waals surface area contributed by atoms with Crippen LogP contribution in [0.4, 0.5) is 0 Å². The van der Waals surface area contributed by atoms with E-state index in [0.29, 0.717) is 6.42 Å². The van der Waals surface area contributed by atoms with Gasteiger partial charge in [-0.15, -0.1) is 0 Å². The second-order valence-electron chi connectivity index (χ2n) is 6.40. The Bertz CT molecular complexity index is 272. The summed E-state index contributed by atoms with van der Waals surface area (Å²) in [4.78, 5) is 23.3. The molecule has 0 aliphatic carbocycles. The molecule has 0 rings (SSSR count). The maximum atomic E-state index is 11.7. The molecule has 0 saturated carbocycles. The van der Waals surface area contributed by atoms with Gasteiger partial charge in [0, 0.05) is 11.8 Å². The monoisotopic (exact) mass is 228 g/mol. The van der Waals surface area contributed by atoms with E-state index >= 15 is 0 Å². The van der Waals surface area contributed by atoms with Crippen molar-refractivity contribution in [1.29, 1.82) is 0 Å². The van der Waals surface area contributed by atoms with Crippen LogP contribution in [-0.2, 0) is 9.59 Å². The zero-order valence-corrected chi connectivity index (χ0v) is 11.2. The molecule has 16 heavy (non-hydrogen) atoms. The molecule has 0 spiro atoms. The summed E-state index contributed by atoms with van der Waals surface area (Å²) in [6, 6.07) is 0. The number of carbonyl (C=O) groups is 2. The van der Waals surface area contributed by atoms with Crippen molar-refractivity contribution >= 4 is 11.7 Å². The predicted octanol–water partition coefficient (Wildman–Crippen LogP) is 1.44. The summed E-state index contributed by atoms with van der Waals surface area (Å²) in [6.07, 6.45) is -0.548. The zero-order valence-electron chi connectivity index (χ0n) is 11.2. The molecule has 0 unspecified atom stereocenters. The fourth-order valence-corrected chi connectivity index (χ4v) is 1.24. The highest BCUT2D eigenvalue weighted by molar-refractivity contribution is 5.91. The number of nitrogens with two attached hydrogens (primary N) is 1. The summed E-state index contributed by atoms with van der Waals surface area (Å²) >= 11 is 0. The van der Waals surface area contributed by atoms with E-state index in [4.69, 9.17) is 5.73 Å². The maximum absolute atomic E-state index is 11.7. The number of carbonyl (C=O) groups excluding carboxylic acids is 2. The van der Waals surface area contributed by atoms with E-state index in [1.165, 1.54) is 0 Å². The highest BCUT2D eigenvalue weighted by atomic mass is 16.2. The summed E-state index contributed by atoms with van der Waals surface area (Å²) < 4.78 is 0. The van der Waals surface area contributed by atoms with Gasteiger partial charge in [-0.3, -0.25) is 9.59 Å². The minimum Gasteiger partial charge on any atom is -0.334 e. The van der Waals surface area contributed by atoms with Crippen molar-refractivity contribution in [2.45, 2.75) is 54.1 Å². The molecular formula is C12H24N2O2. The fraction of sp³-hybridized carbons (Fsp3) is 0.833. The first-order valence-corrected chi connectivity index (χ1v) is 5.53. The summed E-state index contributed by atoms with van der Waals surface area (Å²) in [5.41, 5.74) is 5.01. The predicted molar refractivity (Wildman–Crippen MR) is 64.7 cm³/mol. The van der Waals surface area contributed by atoms with Gasteiger partial charge in [0.15, 0.2) is 5.78 Å². The Kier molecular flexibility index (Phi) is 4.68. The average Bonchev–Trinajstić information content (AvgIpc) is 1.96. The SMILES string of the molecule is CC(C)(C)CC(=O)N[C@H](N)C(=O)C(C)(C)C. The van der Waals surface area contributed by atoms with E-state index < -0.39 is 11.6 Å². The first-order valence-electron chi connectivity index (χ1n) is 5.53. The van der Waals surface area contributed by atoms with E-state index in [-0.39, 0.29) is 17.1 Å². The molecule has 0 bridgehead atoms. The maximum Gasteiger partial charge on any atom is 0.222 e. The number of hydrogen-bond donors (Lipinski definition) is 2. The van der Waals surface area contributed by atoms with Gasteiger partial charge in [0.05, 0.1) is 0 Å². The molecule has 0 aliphatic rings. The van der Waals surface area contributed by atoms with E-state index in [1.807, 2.05) is 20.8 Å². The smallest absolute Gasteiger partial charge is 0.222 e. The third-order valence-electron chi connectivity index (χ3n) is 2.03. The van der Waals surface area contributed by atoms with E-state index in [2.05, 4.69) is 5.32 Å². The van der Waals surface area contributed by atoms with Crippen molar-refractivity contribution in [2.24, 2.45) is 16.6 Å². The van der Waals surface area contributed by atoms with Crippen molar-refractivity contribution in [1.82, 2.24) is 5.32 Å². The van der Waals surface area contributed by atoms with Crippen LogP contribution in [0.5, 0.6) is 0 Å². The van der Waals surface area contributed by atoms with Gasteiger partial charge in [-0.2, -0.15) is 0 Å². The van der Waals surface area contributed by atoms with Crippen LogP contribution in [-0.4, -0.2) is 17.9 Å². The lowest BCUT2D eigenvalue weighted by atomic mass is 9.88. The molecule has 3 N–H and O–H groups in total. The van der Waals surface area contributed by atoms with Crippen LogP contribution >= 0.6 is 0 Å². The highest BCUT2D eigenvalue weighted by Gasteiger charge is 2.28. The number of hydrogen-bond acceptors (Lipinski definition) is 3. The molecule has 1 atom stereocenters. The Morgan fingerprint density at radius 2 is 1.56 bits per heavy atom. The molecule has 0 aromatic heterocycles. The summed E-state index contributed by atoms with van der Waals surface area (Å²) in [5, 5.41) is 2.53. The molecule has 0 aromatic carbocycles. The van der Waals surface area contributed by atoms with Crippen LogP contribution < -0.4 is 11.1 Å². The minimum absolute atomic E-state index is 0.103. The Morgan fingerprint density at radius 3 is 1.88 bits per heavy atom. The van der Waals surface area contributed by atoms with Gasteiger partial charge in [-0.05, 0) is 5.41 Å². The molecule has 4 heteroatoms. The Hall–Kier alpha value is -0.900. The minimum atomic E-state index is -0.908. The Morgan fingerprint density at radius 1 is 1.12 bits per heavy atom. The molecule has 4 nitrogen and oxygen atoms in total. The third kappa shape index (κ3) is 5.85. The molecule has 0 aromatic rings. The molecule has 0 radical (unpaired) electrons. The number of rotatable bonds is 3. The Labute approximate surface area is 98.0 Å². The summed E-state index contributed by atoms with van der Waals surface area (Å²) in [5.74, 6) is -0.340. The van der Waals surface area contributed by atoms with Crippen LogP contribution in [0.1, 0.15) is 48.0 Å². The van der Waals surface area contributed by atoms with Crippen LogP contribution in [0, 0.1) is 10.8 Å². The average molecular weight is 228 g/mol. The largest absolute Gasteiger partial charge is 0.334 e. The molecule has 0 saturated heterocycles. The lowest BCUT2D eigenvalue weighted by Crippen LogP contribution is -2.51. The first kappa shape index (κ1) is 15.1. The van der Waals surface area contributed by atoms with Gasteiger partial charge in [0.1, 0.15) is 6.17 Å². The van der Waals surface area contributed by atoms with Gasteiger partial charge in [-0.25, -0.2) is 0 Å². The number of ketones is 1. The second-order valence-corrected chi connectivity index (χ2v) is 6.40. The van der Waals surface area contributed by atoms with Crippen molar-refractivity contribution < 1.29 is 9.59 Å². The van der Waals surface area contributed by atoms with Gasteiger partial charge in [0.25, 0.3) is 0 Å². The van der Waals surface area contributed by atoms with Crippen molar-refractivity contribution in [2.75, 3.05) is 0 Å². The van der Waals surface area contributed by atoms with Gasteiger partial charge in [-0.1, -0.05) is 41.5 Å². The molecule has 94 valence electrons. The first-order chi connectivity index (χ1) is 6.93. The van der Waals surface area contributed by atoms with E-state index in [1.54, 1.807) is 20.8 Å². The zero-order chi connectivity index (χ0) is 13.1. The van der Waals surface area contributed by atoms with Crippen LogP contribution in [0.15, 0.2) is 0 Å². The van der Waals surface area contributed by atoms with Gasteiger partial charge < -0.3 is 11.1 Å². The van der Waals surface area contributed by atoms with E-state index in [0.717, 1.165) is 0 Å². The van der Waals surface area contributed by atoms with Crippen molar-refractivity contribution in [3.63, 3.8) is 0 Å². The van der Waals surface area contributed by atoms with Crippen LogP contribution in [0.2, 0.25) is 0 Å². The lowest BCUT2D eigenvalue weighted by molar-refractivity contribution is -0.132. The summed E-state index contributed by atoms with van der Waals surface area (Å²) in [7, 11) is 0. The van der Waals surface area contributed by atoms with Gasteiger partial charge in [0.2, 0.25) is 5.91 Å². The van der Waals surface area contributed by atoms with E-state index in [9.17, 15) is 9.59 Å². The number of amides is 1. The van der Waals surface area contributed by atoms with Crippen LogP contribution in [0.25, 0.3) is 0 Å². The number of Topliss-reactive ketones (excluding diaryl/α,β-unsaturated/α-hetero) is 1. The molecule has 0 heterocycles. The molecule has 0 aliphatic heterocycles. The quantitative estimate of drug-likeness (QED) is 0.718. The van der Waals surface area contributed by atoms with Crippen molar-refractivity contribution in [3.05, 3.63) is 0 Å². The molecule has 0 fully saturated rings. The van der Waals surface area contributed by atoms with Crippen LogP contribution in [0.3, 0.4) is 0 Å². The fourth-order valence-electron chi connectivity index (χ4n) is 1.24. The van der Waals surface area contributed by atoms with Crippen molar-refractivity contribution in [3.8, 4) is 0 Å². The standard InChI is InChI=1S/C12H24N2O2/c1-11(2,3)7-8(15)14-10(13)9(16)12(4,5)6/h10H,7,13H2,1-6H3,(H,14,15)/t10-/m0/s1. The number of nitrogens with one attached hydrogen (secondary N) is 1.